The van der Waals surface area contributed by atoms with Crippen molar-refractivity contribution < 1.29 is 14.3 Å². The summed E-state index contributed by atoms with van der Waals surface area (Å²) in [5, 5.41) is 4.07. The number of halogens is 2. The number of hydrogen-bond donors (Lipinski definition) is 1. The molecule has 0 aliphatic carbocycles. The second kappa shape index (κ2) is 11.7. The van der Waals surface area contributed by atoms with Crippen LogP contribution in [0.3, 0.4) is 0 Å². The summed E-state index contributed by atoms with van der Waals surface area (Å²) in [6.07, 6.45) is 2.48. The van der Waals surface area contributed by atoms with Crippen LogP contribution in [0, 0.1) is 0 Å². The number of amides is 1. The van der Waals surface area contributed by atoms with E-state index in [4.69, 9.17) is 9.47 Å². The Morgan fingerprint density at radius 2 is 1.77 bits per heavy atom. The van der Waals surface area contributed by atoms with E-state index in [1.807, 2.05) is 49.4 Å². The number of nitrogens with one attached hydrogen (secondary N) is 1. The van der Waals surface area contributed by atoms with Gasteiger partial charge in [-0.3, -0.25) is 4.79 Å². The van der Waals surface area contributed by atoms with Crippen LogP contribution < -0.4 is 14.9 Å². The first-order valence-electron chi connectivity index (χ1n) is 9.78. The molecule has 0 unspecified atom stereocenters. The molecule has 3 rings (SSSR count). The molecule has 1 N–H and O–H groups in total. The van der Waals surface area contributed by atoms with Crippen LogP contribution in [0.5, 0.6) is 11.5 Å². The van der Waals surface area contributed by atoms with Gasteiger partial charge in [0.05, 0.1) is 12.8 Å². The second-order valence-electron chi connectivity index (χ2n) is 6.67. The lowest BCUT2D eigenvalue weighted by molar-refractivity contribution is 0.0955. The fraction of sp³-hybridized carbons (Fsp3) is 0.167. The van der Waals surface area contributed by atoms with Crippen molar-refractivity contribution in [3.63, 3.8) is 0 Å². The first-order chi connectivity index (χ1) is 15.0. The molecule has 7 heteroatoms. The standard InChI is InChI=1S/C24H22Br2N2O3/c1-2-12-30-23-11-8-21(26)14-19(23)15-27-28-24(29)18-6-9-22(10-7-18)31-16-17-4-3-5-20(25)13-17/h3-11,13-15H,2,12,16H2,1H3,(H,28,29)/b27-15+. The van der Waals surface area contributed by atoms with Crippen molar-refractivity contribution in [3.05, 3.63) is 92.4 Å². The van der Waals surface area contributed by atoms with Gasteiger partial charge in [-0.2, -0.15) is 5.10 Å². The predicted octanol–water partition coefficient (Wildman–Crippen LogP) is 6.34. The number of nitrogens with zero attached hydrogens (tertiary/aromatic N) is 1. The number of hydrogen-bond acceptors (Lipinski definition) is 4. The minimum absolute atomic E-state index is 0.305. The van der Waals surface area contributed by atoms with Crippen LogP contribution in [0.25, 0.3) is 0 Å². The average molecular weight is 546 g/mol. The smallest absolute Gasteiger partial charge is 0.271 e. The Hall–Kier alpha value is -2.64. The van der Waals surface area contributed by atoms with Gasteiger partial charge >= 0.3 is 0 Å². The van der Waals surface area contributed by atoms with Gasteiger partial charge in [-0.1, -0.05) is 50.9 Å². The van der Waals surface area contributed by atoms with Crippen molar-refractivity contribution in [3.8, 4) is 11.5 Å². The SMILES string of the molecule is CCCOc1ccc(Br)cc1/C=N/NC(=O)c1ccc(OCc2cccc(Br)c2)cc1. The van der Waals surface area contributed by atoms with Gasteiger partial charge in [-0.25, -0.2) is 5.43 Å². The highest BCUT2D eigenvalue weighted by Crippen LogP contribution is 2.22. The molecule has 0 aliphatic heterocycles. The summed E-state index contributed by atoms with van der Waals surface area (Å²) in [4.78, 5) is 12.4. The number of carbonyl (C=O) groups is 1. The molecule has 31 heavy (non-hydrogen) atoms. The monoisotopic (exact) mass is 544 g/mol. The summed E-state index contributed by atoms with van der Waals surface area (Å²) < 4.78 is 13.4. The van der Waals surface area contributed by atoms with E-state index < -0.39 is 0 Å². The Labute approximate surface area is 198 Å². The molecule has 0 atom stereocenters. The van der Waals surface area contributed by atoms with Crippen LogP contribution in [0.2, 0.25) is 0 Å². The van der Waals surface area contributed by atoms with Crippen LogP contribution in [-0.4, -0.2) is 18.7 Å². The number of carbonyl (C=O) groups excluding carboxylic acids is 1. The maximum atomic E-state index is 12.4. The van der Waals surface area contributed by atoms with Crippen LogP contribution in [-0.2, 0) is 6.61 Å². The minimum Gasteiger partial charge on any atom is -0.493 e. The van der Waals surface area contributed by atoms with E-state index in [0.29, 0.717) is 24.5 Å². The zero-order valence-electron chi connectivity index (χ0n) is 17.0. The summed E-state index contributed by atoms with van der Waals surface area (Å²) >= 11 is 6.89. The maximum absolute atomic E-state index is 12.4. The lowest BCUT2D eigenvalue weighted by Crippen LogP contribution is -2.17. The summed E-state index contributed by atoms with van der Waals surface area (Å²) in [5.74, 6) is 1.10. The fourth-order valence-corrected chi connectivity index (χ4v) is 3.51. The van der Waals surface area contributed by atoms with E-state index in [9.17, 15) is 4.79 Å². The summed E-state index contributed by atoms with van der Waals surface area (Å²) in [6.45, 7) is 3.11. The fourth-order valence-electron chi connectivity index (χ4n) is 2.68. The van der Waals surface area contributed by atoms with Gasteiger partial charge in [0.1, 0.15) is 18.1 Å². The van der Waals surface area contributed by atoms with E-state index >= 15 is 0 Å². The molecule has 0 fully saturated rings. The molecule has 0 aromatic heterocycles. The summed E-state index contributed by atoms with van der Waals surface area (Å²) in [7, 11) is 0. The lowest BCUT2D eigenvalue weighted by atomic mass is 10.2. The van der Waals surface area contributed by atoms with Crippen molar-refractivity contribution in [2.75, 3.05) is 6.61 Å². The molecule has 160 valence electrons. The van der Waals surface area contributed by atoms with Gasteiger partial charge in [0.15, 0.2) is 0 Å². The van der Waals surface area contributed by atoms with E-state index in [1.165, 1.54) is 0 Å². The predicted molar refractivity (Wildman–Crippen MR) is 130 cm³/mol. The van der Waals surface area contributed by atoms with Gasteiger partial charge < -0.3 is 9.47 Å². The second-order valence-corrected chi connectivity index (χ2v) is 8.50. The van der Waals surface area contributed by atoms with Crippen molar-refractivity contribution in [2.24, 2.45) is 5.10 Å². The van der Waals surface area contributed by atoms with E-state index in [1.54, 1.807) is 30.5 Å². The van der Waals surface area contributed by atoms with Gasteiger partial charge in [0.2, 0.25) is 0 Å². The van der Waals surface area contributed by atoms with Crippen molar-refractivity contribution in [2.45, 2.75) is 20.0 Å². The Morgan fingerprint density at radius 1 is 1.00 bits per heavy atom. The first kappa shape index (κ1) is 23.0. The van der Waals surface area contributed by atoms with Crippen LogP contribution in [0.4, 0.5) is 0 Å². The highest BCUT2D eigenvalue weighted by molar-refractivity contribution is 9.10. The maximum Gasteiger partial charge on any atom is 0.271 e. The zero-order valence-corrected chi connectivity index (χ0v) is 20.1. The molecule has 0 saturated heterocycles. The van der Waals surface area contributed by atoms with Crippen molar-refractivity contribution in [1.82, 2.24) is 5.43 Å². The Kier molecular flexibility index (Phi) is 8.67. The highest BCUT2D eigenvalue weighted by atomic mass is 79.9. The summed E-state index contributed by atoms with van der Waals surface area (Å²) in [5.41, 5.74) is 4.87. The topological polar surface area (TPSA) is 59.9 Å². The Morgan fingerprint density at radius 3 is 2.52 bits per heavy atom. The Bertz CT molecular complexity index is 1050. The third-order valence-corrected chi connectivity index (χ3v) is 5.20. The number of benzene rings is 3. The molecule has 0 heterocycles. The van der Waals surface area contributed by atoms with Crippen LogP contribution in [0.15, 0.2) is 80.8 Å². The Balaban J connectivity index is 1.56. The van der Waals surface area contributed by atoms with Gasteiger partial charge in [0, 0.05) is 20.1 Å². The van der Waals surface area contributed by atoms with Gasteiger partial charge in [0.25, 0.3) is 5.91 Å². The average Bonchev–Trinajstić information content (AvgIpc) is 2.77. The normalized spacial score (nSPS) is 10.8. The number of rotatable bonds is 9. The van der Waals surface area contributed by atoms with Gasteiger partial charge in [-0.05, 0) is 66.6 Å². The van der Waals surface area contributed by atoms with Crippen molar-refractivity contribution in [1.29, 1.82) is 0 Å². The molecular weight excluding hydrogens is 524 g/mol. The number of ether oxygens (including phenoxy) is 2. The first-order valence-corrected chi connectivity index (χ1v) is 11.4. The number of hydrazone groups is 1. The largest absolute Gasteiger partial charge is 0.493 e. The molecule has 0 aliphatic rings. The quantitative estimate of drug-likeness (QED) is 0.252. The third kappa shape index (κ3) is 7.22. The van der Waals surface area contributed by atoms with E-state index in [2.05, 4.69) is 42.4 Å². The molecule has 1 amide bonds. The molecule has 5 nitrogen and oxygen atoms in total. The molecule has 0 saturated carbocycles. The lowest BCUT2D eigenvalue weighted by Gasteiger charge is -2.08. The van der Waals surface area contributed by atoms with E-state index in [0.717, 1.165) is 32.2 Å². The third-order valence-electron chi connectivity index (χ3n) is 4.21. The minimum atomic E-state index is -0.305. The van der Waals surface area contributed by atoms with E-state index in [-0.39, 0.29) is 5.91 Å². The van der Waals surface area contributed by atoms with Crippen molar-refractivity contribution >= 4 is 44.0 Å². The van der Waals surface area contributed by atoms with Crippen LogP contribution >= 0.6 is 31.9 Å². The molecule has 3 aromatic carbocycles. The molecular formula is C24H22Br2N2O3. The molecule has 0 bridgehead atoms. The molecule has 3 aromatic rings. The van der Waals surface area contributed by atoms with Gasteiger partial charge in [-0.15, -0.1) is 0 Å². The molecule has 0 radical (unpaired) electrons. The zero-order chi connectivity index (χ0) is 22.1. The van der Waals surface area contributed by atoms with Crippen LogP contribution in [0.1, 0.15) is 34.8 Å². The highest BCUT2D eigenvalue weighted by Gasteiger charge is 2.06. The molecule has 0 spiro atoms. The summed E-state index contributed by atoms with van der Waals surface area (Å²) in [6, 6.07) is 20.5.